The van der Waals surface area contributed by atoms with Crippen molar-refractivity contribution in [2.45, 2.75) is 32.9 Å². The number of anilines is 1. The number of aromatic nitrogens is 4. The zero-order valence-electron chi connectivity index (χ0n) is 12.2. The highest BCUT2D eigenvalue weighted by Crippen LogP contribution is 2.19. The third kappa shape index (κ3) is 2.58. The lowest BCUT2D eigenvalue weighted by atomic mass is 10.1. The number of hydrogen-bond acceptors (Lipinski definition) is 5. The van der Waals surface area contributed by atoms with Crippen LogP contribution in [0.15, 0.2) is 18.5 Å². The summed E-state index contributed by atoms with van der Waals surface area (Å²) >= 11 is 0. The molecule has 3 heterocycles. The number of nitrogens with zero attached hydrogens (tertiary/aromatic N) is 5. The number of hydrogen-bond donors (Lipinski definition) is 1. The van der Waals surface area contributed by atoms with Gasteiger partial charge in [-0.15, -0.1) is 10.2 Å². The van der Waals surface area contributed by atoms with Gasteiger partial charge in [-0.1, -0.05) is 13.8 Å². The van der Waals surface area contributed by atoms with Gasteiger partial charge in [0.05, 0.1) is 6.54 Å². The van der Waals surface area contributed by atoms with E-state index in [4.69, 9.17) is 5.73 Å². The fourth-order valence-electron chi connectivity index (χ4n) is 2.42. The van der Waals surface area contributed by atoms with Crippen LogP contribution >= 0.6 is 0 Å². The van der Waals surface area contributed by atoms with Gasteiger partial charge in [0.2, 0.25) is 0 Å². The number of pyridine rings is 1. The van der Waals surface area contributed by atoms with Crippen LogP contribution in [0.2, 0.25) is 0 Å². The molecule has 21 heavy (non-hydrogen) atoms. The van der Waals surface area contributed by atoms with E-state index in [1.54, 1.807) is 17.3 Å². The monoisotopic (exact) mass is 286 g/mol. The first kappa shape index (κ1) is 13.5. The van der Waals surface area contributed by atoms with Gasteiger partial charge in [-0.3, -0.25) is 4.79 Å². The number of carbonyl (C=O) groups excluding carboxylic acids is 1. The highest BCUT2D eigenvalue weighted by molar-refractivity contribution is 5.95. The summed E-state index contributed by atoms with van der Waals surface area (Å²) in [5.74, 6) is 1.37. The molecule has 110 valence electrons. The van der Waals surface area contributed by atoms with E-state index in [9.17, 15) is 4.79 Å². The van der Waals surface area contributed by atoms with Crippen molar-refractivity contribution < 1.29 is 4.79 Å². The Labute approximate surface area is 122 Å². The van der Waals surface area contributed by atoms with E-state index in [0.29, 0.717) is 31.0 Å². The lowest BCUT2D eigenvalue weighted by Gasteiger charge is -2.27. The van der Waals surface area contributed by atoms with Crippen molar-refractivity contribution in [2.75, 3.05) is 12.3 Å². The van der Waals surface area contributed by atoms with Crippen LogP contribution in [0.1, 0.15) is 41.6 Å². The molecule has 1 amide bonds. The second kappa shape index (κ2) is 5.16. The van der Waals surface area contributed by atoms with Crippen LogP contribution in [0.5, 0.6) is 0 Å². The van der Waals surface area contributed by atoms with Crippen molar-refractivity contribution >= 4 is 11.7 Å². The Morgan fingerprint density at radius 2 is 2.14 bits per heavy atom. The number of carbonyl (C=O) groups is 1. The molecule has 0 aromatic carbocycles. The van der Waals surface area contributed by atoms with E-state index >= 15 is 0 Å². The van der Waals surface area contributed by atoms with Gasteiger partial charge >= 0.3 is 0 Å². The van der Waals surface area contributed by atoms with Gasteiger partial charge in [-0.2, -0.15) is 0 Å². The van der Waals surface area contributed by atoms with Crippen LogP contribution in [-0.2, 0) is 13.1 Å². The topological polar surface area (TPSA) is 89.9 Å². The number of nitrogens with two attached hydrogens (primary N) is 1. The van der Waals surface area contributed by atoms with Crippen LogP contribution < -0.4 is 5.73 Å². The van der Waals surface area contributed by atoms with Crippen molar-refractivity contribution in [3.8, 4) is 0 Å². The van der Waals surface area contributed by atoms with E-state index in [2.05, 4.69) is 15.2 Å². The minimum absolute atomic E-state index is 0.0414. The molecule has 0 spiro atoms. The van der Waals surface area contributed by atoms with Crippen LogP contribution in [0, 0.1) is 0 Å². The standard InChI is InChI=1S/C14H18N6O/c1-9(2)11-5-10(6-12(15)17-11)14(21)19-3-4-20-8-16-18-13(20)7-19/h5-6,8-9H,3-4,7H2,1-2H3,(H2,15,17). The van der Waals surface area contributed by atoms with Gasteiger partial charge in [0.1, 0.15) is 12.1 Å². The smallest absolute Gasteiger partial charge is 0.254 e. The third-order valence-corrected chi connectivity index (χ3v) is 3.63. The van der Waals surface area contributed by atoms with E-state index in [-0.39, 0.29) is 11.8 Å². The normalized spacial score (nSPS) is 14.3. The molecule has 1 aliphatic heterocycles. The summed E-state index contributed by atoms with van der Waals surface area (Å²) in [4.78, 5) is 18.7. The molecule has 7 heteroatoms. The molecule has 0 saturated carbocycles. The second-order valence-corrected chi connectivity index (χ2v) is 5.53. The molecule has 0 bridgehead atoms. The van der Waals surface area contributed by atoms with Crippen LogP contribution in [0.4, 0.5) is 5.82 Å². The molecule has 2 N–H and O–H groups in total. The lowest BCUT2D eigenvalue weighted by Crippen LogP contribution is -2.38. The van der Waals surface area contributed by atoms with Crippen molar-refractivity contribution in [2.24, 2.45) is 0 Å². The molecule has 2 aromatic rings. The van der Waals surface area contributed by atoms with Gasteiger partial charge in [-0.05, 0) is 18.1 Å². The fourth-order valence-corrected chi connectivity index (χ4v) is 2.42. The molecular formula is C14H18N6O. The molecule has 1 aliphatic rings. The Balaban J connectivity index is 1.86. The van der Waals surface area contributed by atoms with Crippen molar-refractivity contribution in [1.82, 2.24) is 24.6 Å². The predicted molar refractivity (Wildman–Crippen MR) is 77.5 cm³/mol. The summed E-state index contributed by atoms with van der Waals surface area (Å²) in [6.45, 7) is 5.88. The average Bonchev–Trinajstić information content (AvgIpc) is 2.93. The zero-order valence-corrected chi connectivity index (χ0v) is 12.2. The maximum Gasteiger partial charge on any atom is 0.254 e. The second-order valence-electron chi connectivity index (χ2n) is 5.53. The number of nitrogen functional groups attached to an aromatic ring is 1. The number of rotatable bonds is 2. The molecule has 3 rings (SSSR count). The number of fused-ring (bicyclic) bond motifs is 1. The van der Waals surface area contributed by atoms with Gasteiger partial charge in [0.15, 0.2) is 5.82 Å². The molecule has 0 fully saturated rings. The lowest BCUT2D eigenvalue weighted by molar-refractivity contribution is 0.0707. The molecule has 0 saturated heterocycles. The van der Waals surface area contributed by atoms with Crippen molar-refractivity contribution in [1.29, 1.82) is 0 Å². The summed E-state index contributed by atoms with van der Waals surface area (Å²) in [6.07, 6.45) is 1.69. The fraction of sp³-hybridized carbons (Fsp3) is 0.429. The molecule has 7 nitrogen and oxygen atoms in total. The average molecular weight is 286 g/mol. The van der Waals surface area contributed by atoms with Gasteiger partial charge < -0.3 is 15.2 Å². The van der Waals surface area contributed by atoms with E-state index in [1.165, 1.54) is 0 Å². The maximum atomic E-state index is 12.6. The van der Waals surface area contributed by atoms with Crippen LogP contribution in [-0.4, -0.2) is 37.1 Å². The molecule has 0 aliphatic carbocycles. The van der Waals surface area contributed by atoms with Gasteiger partial charge in [0, 0.05) is 24.3 Å². The molecule has 0 radical (unpaired) electrons. The van der Waals surface area contributed by atoms with Crippen molar-refractivity contribution in [3.63, 3.8) is 0 Å². The first-order valence-corrected chi connectivity index (χ1v) is 6.98. The van der Waals surface area contributed by atoms with Crippen LogP contribution in [0.3, 0.4) is 0 Å². The quantitative estimate of drug-likeness (QED) is 0.890. The van der Waals surface area contributed by atoms with Crippen LogP contribution in [0.25, 0.3) is 0 Å². The highest BCUT2D eigenvalue weighted by Gasteiger charge is 2.23. The summed E-state index contributed by atoms with van der Waals surface area (Å²) in [6, 6.07) is 3.45. The zero-order chi connectivity index (χ0) is 15.0. The first-order chi connectivity index (χ1) is 10.0. The summed E-state index contributed by atoms with van der Waals surface area (Å²) < 4.78 is 1.96. The van der Waals surface area contributed by atoms with E-state index in [1.807, 2.05) is 24.5 Å². The van der Waals surface area contributed by atoms with Crippen molar-refractivity contribution in [3.05, 3.63) is 35.5 Å². The minimum Gasteiger partial charge on any atom is -0.384 e. The highest BCUT2D eigenvalue weighted by atomic mass is 16.2. The molecule has 0 atom stereocenters. The summed E-state index contributed by atoms with van der Waals surface area (Å²) in [7, 11) is 0. The predicted octanol–water partition coefficient (Wildman–Crippen LogP) is 1.03. The maximum absolute atomic E-state index is 12.6. The van der Waals surface area contributed by atoms with Gasteiger partial charge in [-0.25, -0.2) is 4.98 Å². The van der Waals surface area contributed by atoms with E-state index in [0.717, 1.165) is 11.5 Å². The Morgan fingerprint density at radius 3 is 2.90 bits per heavy atom. The number of amides is 1. The van der Waals surface area contributed by atoms with E-state index < -0.39 is 0 Å². The first-order valence-electron chi connectivity index (χ1n) is 6.98. The largest absolute Gasteiger partial charge is 0.384 e. The third-order valence-electron chi connectivity index (χ3n) is 3.63. The SMILES string of the molecule is CC(C)c1cc(C(=O)N2CCn3cnnc3C2)cc(N)n1. The van der Waals surface area contributed by atoms with Gasteiger partial charge in [0.25, 0.3) is 5.91 Å². The summed E-state index contributed by atoms with van der Waals surface area (Å²) in [5, 5.41) is 7.90. The Bertz CT molecular complexity index is 678. The Kier molecular flexibility index (Phi) is 3.32. The Morgan fingerprint density at radius 1 is 1.33 bits per heavy atom. The summed E-state index contributed by atoms with van der Waals surface area (Å²) in [5.41, 5.74) is 7.23. The Hall–Kier alpha value is -2.44. The molecular weight excluding hydrogens is 268 g/mol. The molecule has 0 unspecified atom stereocenters. The minimum atomic E-state index is -0.0414. The molecule has 2 aromatic heterocycles.